The van der Waals surface area contributed by atoms with Crippen LogP contribution in [0.25, 0.3) is 22.0 Å². The summed E-state index contributed by atoms with van der Waals surface area (Å²) in [5.41, 5.74) is 5.95. The largest absolute Gasteiger partial charge is 0.347 e. The van der Waals surface area contributed by atoms with Gasteiger partial charge in [0.25, 0.3) is 5.91 Å². The number of carbonyl (C=O) groups excluding carboxylic acids is 2. The summed E-state index contributed by atoms with van der Waals surface area (Å²) in [4.78, 5) is 30.4. The molecule has 0 saturated heterocycles. The van der Waals surface area contributed by atoms with Crippen molar-refractivity contribution in [2.75, 3.05) is 14.1 Å². The van der Waals surface area contributed by atoms with Gasteiger partial charge in [-0.3, -0.25) is 14.6 Å². The molecule has 1 atom stereocenters. The van der Waals surface area contributed by atoms with Gasteiger partial charge in [0.15, 0.2) is 0 Å². The second-order valence-electron chi connectivity index (χ2n) is 7.34. The van der Waals surface area contributed by atoms with E-state index >= 15 is 0 Å². The Kier molecular flexibility index (Phi) is 5.45. The van der Waals surface area contributed by atoms with Crippen LogP contribution in [0.4, 0.5) is 0 Å². The third-order valence-corrected chi connectivity index (χ3v) is 4.80. The molecular formula is C23H25N3O2. The van der Waals surface area contributed by atoms with Crippen LogP contribution >= 0.6 is 0 Å². The van der Waals surface area contributed by atoms with Crippen molar-refractivity contribution < 1.29 is 9.59 Å². The van der Waals surface area contributed by atoms with E-state index in [1.165, 1.54) is 10.5 Å². The van der Waals surface area contributed by atoms with Gasteiger partial charge in [-0.15, -0.1) is 0 Å². The predicted molar refractivity (Wildman–Crippen MR) is 112 cm³/mol. The number of hydrogen-bond donors (Lipinski definition) is 1. The van der Waals surface area contributed by atoms with Crippen molar-refractivity contribution in [2.45, 2.75) is 26.8 Å². The van der Waals surface area contributed by atoms with Gasteiger partial charge in [-0.25, -0.2) is 0 Å². The van der Waals surface area contributed by atoms with Crippen molar-refractivity contribution >= 4 is 22.7 Å². The molecule has 144 valence electrons. The predicted octanol–water partition coefficient (Wildman–Crippen LogP) is 3.73. The first-order chi connectivity index (χ1) is 13.3. The smallest absolute Gasteiger partial charge is 0.251 e. The number of aryl methyl sites for hydroxylation is 2. The van der Waals surface area contributed by atoms with Gasteiger partial charge in [0.05, 0.1) is 5.52 Å². The van der Waals surface area contributed by atoms with Crippen molar-refractivity contribution in [3.63, 3.8) is 0 Å². The SMILES string of the molecule is Cc1cc(C)c2nccc(-c3ccc(C(=O)NC(C)C(=O)N(C)C)cc3)c2c1. The van der Waals surface area contributed by atoms with E-state index in [9.17, 15) is 9.59 Å². The fourth-order valence-electron chi connectivity index (χ4n) is 3.39. The lowest BCUT2D eigenvalue weighted by molar-refractivity contribution is -0.130. The van der Waals surface area contributed by atoms with Gasteiger partial charge in [0, 0.05) is 31.2 Å². The first-order valence-corrected chi connectivity index (χ1v) is 9.26. The molecule has 5 nitrogen and oxygen atoms in total. The van der Waals surface area contributed by atoms with Crippen LogP contribution < -0.4 is 5.32 Å². The van der Waals surface area contributed by atoms with Crippen LogP contribution in [0.1, 0.15) is 28.4 Å². The monoisotopic (exact) mass is 375 g/mol. The van der Waals surface area contributed by atoms with E-state index < -0.39 is 6.04 Å². The number of carbonyl (C=O) groups is 2. The number of rotatable bonds is 4. The molecule has 0 aliphatic carbocycles. The normalized spacial score (nSPS) is 11.9. The Labute approximate surface area is 165 Å². The number of aromatic nitrogens is 1. The van der Waals surface area contributed by atoms with Crippen LogP contribution in [0.15, 0.2) is 48.7 Å². The number of likely N-dealkylation sites (N-methyl/N-ethyl adjacent to an activating group) is 1. The lowest BCUT2D eigenvalue weighted by atomic mass is 9.97. The van der Waals surface area contributed by atoms with Gasteiger partial charge < -0.3 is 10.2 Å². The third-order valence-electron chi connectivity index (χ3n) is 4.80. The molecule has 0 radical (unpaired) electrons. The topological polar surface area (TPSA) is 62.3 Å². The third kappa shape index (κ3) is 3.88. The van der Waals surface area contributed by atoms with Crippen LogP contribution in [0.5, 0.6) is 0 Å². The second kappa shape index (κ2) is 7.80. The summed E-state index contributed by atoms with van der Waals surface area (Å²) in [6.45, 7) is 5.82. The Balaban J connectivity index is 1.88. The van der Waals surface area contributed by atoms with E-state index in [-0.39, 0.29) is 11.8 Å². The van der Waals surface area contributed by atoms with Crippen LogP contribution in [-0.4, -0.2) is 41.8 Å². The average Bonchev–Trinajstić information content (AvgIpc) is 2.66. The molecule has 2 amide bonds. The number of benzene rings is 2. The first-order valence-electron chi connectivity index (χ1n) is 9.26. The summed E-state index contributed by atoms with van der Waals surface area (Å²) in [5.74, 6) is -0.403. The number of pyridine rings is 1. The number of hydrogen-bond acceptors (Lipinski definition) is 3. The maximum Gasteiger partial charge on any atom is 0.251 e. The zero-order chi connectivity index (χ0) is 20.4. The molecule has 0 fully saturated rings. The van der Waals surface area contributed by atoms with Gasteiger partial charge in [-0.1, -0.05) is 23.8 Å². The lowest BCUT2D eigenvalue weighted by Crippen LogP contribution is -2.44. The van der Waals surface area contributed by atoms with E-state index in [4.69, 9.17) is 0 Å². The maximum absolute atomic E-state index is 12.4. The molecule has 0 spiro atoms. The molecule has 0 aliphatic heterocycles. The highest BCUT2D eigenvalue weighted by atomic mass is 16.2. The van der Waals surface area contributed by atoms with Gasteiger partial charge in [0.2, 0.25) is 5.91 Å². The summed E-state index contributed by atoms with van der Waals surface area (Å²) >= 11 is 0. The molecule has 3 rings (SSSR count). The van der Waals surface area contributed by atoms with E-state index in [1.54, 1.807) is 33.2 Å². The van der Waals surface area contributed by atoms with Crippen molar-refractivity contribution in [1.29, 1.82) is 0 Å². The van der Waals surface area contributed by atoms with E-state index in [0.29, 0.717) is 5.56 Å². The molecule has 1 unspecified atom stereocenters. The van der Waals surface area contributed by atoms with Crippen molar-refractivity contribution in [3.05, 3.63) is 65.4 Å². The number of fused-ring (bicyclic) bond motifs is 1. The minimum Gasteiger partial charge on any atom is -0.347 e. The fourth-order valence-corrected chi connectivity index (χ4v) is 3.39. The molecule has 3 aromatic rings. The summed E-state index contributed by atoms with van der Waals surface area (Å²) in [7, 11) is 3.34. The molecule has 5 heteroatoms. The van der Waals surface area contributed by atoms with Crippen LogP contribution in [0, 0.1) is 13.8 Å². The molecule has 1 heterocycles. The summed E-state index contributed by atoms with van der Waals surface area (Å²) in [6.07, 6.45) is 1.81. The maximum atomic E-state index is 12.4. The molecule has 0 aliphatic rings. The Bertz CT molecular complexity index is 1040. The molecule has 0 bridgehead atoms. The molecule has 0 saturated carbocycles. The molecule has 1 N–H and O–H groups in total. The van der Waals surface area contributed by atoms with Crippen molar-refractivity contribution in [1.82, 2.24) is 15.2 Å². The number of amides is 2. The minimum atomic E-state index is -0.572. The highest BCUT2D eigenvalue weighted by Gasteiger charge is 2.18. The van der Waals surface area contributed by atoms with Crippen molar-refractivity contribution in [2.24, 2.45) is 0 Å². The summed E-state index contributed by atoms with van der Waals surface area (Å²) in [5, 5.41) is 3.84. The first kappa shape index (κ1) is 19.5. The Morgan fingerprint density at radius 3 is 2.36 bits per heavy atom. The summed E-state index contributed by atoms with van der Waals surface area (Å²) < 4.78 is 0. The Morgan fingerprint density at radius 2 is 1.71 bits per heavy atom. The van der Waals surface area contributed by atoms with E-state index in [0.717, 1.165) is 27.6 Å². The van der Waals surface area contributed by atoms with Gasteiger partial charge in [-0.2, -0.15) is 0 Å². The Hall–Kier alpha value is -3.21. The highest BCUT2D eigenvalue weighted by molar-refractivity contribution is 5.99. The van der Waals surface area contributed by atoms with Crippen molar-refractivity contribution in [3.8, 4) is 11.1 Å². The molecular weight excluding hydrogens is 350 g/mol. The average molecular weight is 375 g/mol. The lowest BCUT2D eigenvalue weighted by Gasteiger charge is -2.18. The molecule has 28 heavy (non-hydrogen) atoms. The zero-order valence-corrected chi connectivity index (χ0v) is 16.9. The number of nitrogens with one attached hydrogen (secondary N) is 1. The Morgan fingerprint density at radius 1 is 1.04 bits per heavy atom. The van der Waals surface area contributed by atoms with Crippen LogP contribution in [0.2, 0.25) is 0 Å². The highest BCUT2D eigenvalue weighted by Crippen LogP contribution is 2.30. The number of nitrogens with zero attached hydrogens (tertiary/aromatic N) is 2. The molecule has 1 aromatic heterocycles. The van der Waals surface area contributed by atoms with Gasteiger partial charge in [0.1, 0.15) is 6.04 Å². The van der Waals surface area contributed by atoms with Crippen LogP contribution in [-0.2, 0) is 4.79 Å². The second-order valence-corrected chi connectivity index (χ2v) is 7.34. The standard InChI is InChI=1S/C23H25N3O2/c1-14-12-15(2)21-20(13-14)19(10-11-24-21)17-6-8-18(9-7-17)22(27)25-16(3)23(28)26(4)5/h6-13,16H,1-5H3,(H,25,27). The van der Waals surface area contributed by atoms with Crippen LogP contribution in [0.3, 0.4) is 0 Å². The molecule has 2 aromatic carbocycles. The zero-order valence-electron chi connectivity index (χ0n) is 16.9. The summed E-state index contributed by atoms with van der Waals surface area (Å²) in [6, 6.07) is 13.1. The van der Waals surface area contributed by atoms with E-state index in [2.05, 4.69) is 36.3 Å². The van der Waals surface area contributed by atoms with E-state index in [1.807, 2.05) is 24.4 Å². The minimum absolute atomic E-state index is 0.140. The van der Waals surface area contributed by atoms with Gasteiger partial charge in [-0.05, 0) is 61.7 Å². The fraction of sp³-hybridized carbons (Fsp3) is 0.261. The quantitative estimate of drug-likeness (QED) is 0.756. The van der Waals surface area contributed by atoms with Gasteiger partial charge >= 0.3 is 0 Å².